The number of nitriles is 1. The second-order valence-electron chi connectivity index (χ2n) is 4.40. The van der Waals surface area contributed by atoms with Crippen molar-refractivity contribution in [2.45, 2.75) is 29.4 Å². The van der Waals surface area contributed by atoms with Crippen LogP contribution >= 0.6 is 15.9 Å². The third kappa shape index (κ3) is 1.71. The molecule has 90 valence electrons. The van der Waals surface area contributed by atoms with E-state index in [2.05, 4.69) is 15.9 Å². The Kier molecular flexibility index (Phi) is 3.04. The molecule has 1 fully saturated rings. The van der Waals surface area contributed by atoms with Gasteiger partial charge in [0.2, 0.25) is 0 Å². The van der Waals surface area contributed by atoms with E-state index in [1.165, 1.54) is 0 Å². The van der Waals surface area contributed by atoms with Gasteiger partial charge in [-0.25, -0.2) is 8.42 Å². The molecule has 2 unspecified atom stereocenters. The van der Waals surface area contributed by atoms with Crippen LogP contribution in [0.5, 0.6) is 0 Å². The van der Waals surface area contributed by atoms with Gasteiger partial charge in [0.15, 0.2) is 14.6 Å². The lowest BCUT2D eigenvalue weighted by Crippen LogP contribution is -2.50. The molecular weight excluding hydrogens is 302 g/mol. The molecule has 1 aromatic rings. The van der Waals surface area contributed by atoms with Crippen LogP contribution < -0.4 is 0 Å². The average molecular weight is 314 g/mol. The predicted octanol–water partition coefficient (Wildman–Crippen LogP) is 2.92. The highest BCUT2D eigenvalue weighted by molar-refractivity contribution is 9.10. The van der Waals surface area contributed by atoms with Gasteiger partial charge in [0.25, 0.3) is 0 Å². The highest BCUT2D eigenvalue weighted by Crippen LogP contribution is 2.46. The van der Waals surface area contributed by atoms with Crippen LogP contribution in [0.3, 0.4) is 0 Å². The lowest BCUT2D eigenvalue weighted by Gasteiger charge is -2.41. The average Bonchev–Trinajstić information content (AvgIpc) is 2.28. The van der Waals surface area contributed by atoms with E-state index in [0.717, 1.165) is 10.9 Å². The van der Waals surface area contributed by atoms with Crippen molar-refractivity contribution >= 4 is 25.8 Å². The van der Waals surface area contributed by atoms with Crippen molar-refractivity contribution < 1.29 is 8.42 Å². The van der Waals surface area contributed by atoms with Crippen molar-refractivity contribution in [2.75, 3.05) is 0 Å². The summed E-state index contributed by atoms with van der Waals surface area (Å²) >= 11 is 3.26. The highest BCUT2D eigenvalue weighted by Gasteiger charge is 2.55. The fourth-order valence-electron chi connectivity index (χ4n) is 2.14. The SMILES string of the molecule is CC1CCC1(C#N)S(=O)(=O)c1ccc(Br)cc1. The fourth-order valence-corrected chi connectivity index (χ4v) is 4.48. The first kappa shape index (κ1) is 12.6. The third-order valence-electron chi connectivity index (χ3n) is 3.54. The summed E-state index contributed by atoms with van der Waals surface area (Å²) in [7, 11) is -3.56. The molecule has 0 saturated heterocycles. The van der Waals surface area contributed by atoms with Crippen LogP contribution in [0.25, 0.3) is 0 Å². The Morgan fingerprint density at radius 3 is 2.35 bits per heavy atom. The molecule has 0 radical (unpaired) electrons. The molecule has 2 atom stereocenters. The molecule has 0 bridgehead atoms. The van der Waals surface area contributed by atoms with Gasteiger partial charge in [-0.3, -0.25) is 0 Å². The van der Waals surface area contributed by atoms with E-state index in [0.29, 0.717) is 6.42 Å². The zero-order chi connectivity index (χ0) is 12.7. The van der Waals surface area contributed by atoms with Crippen LogP contribution in [0.1, 0.15) is 19.8 Å². The van der Waals surface area contributed by atoms with E-state index in [-0.39, 0.29) is 10.8 Å². The van der Waals surface area contributed by atoms with Crippen molar-refractivity contribution in [2.24, 2.45) is 5.92 Å². The van der Waals surface area contributed by atoms with Crippen molar-refractivity contribution in [3.05, 3.63) is 28.7 Å². The normalized spacial score (nSPS) is 28.2. The maximum absolute atomic E-state index is 12.5. The van der Waals surface area contributed by atoms with Gasteiger partial charge >= 0.3 is 0 Å². The number of nitrogens with zero attached hydrogens (tertiary/aromatic N) is 1. The largest absolute Gasteiger partial charge is 0.222 e. The van der Waals surface area contributed by atoms with Crippen LogP contribution in [0.4, 0.5) is 0 Å². The fraction of sp³-hybridized carbons (Fsp3) is 0.417. The van der Waals surface area contributed by atoms with Crippen molar-refractivity contribution in [3.63, 3.8) is 0 Å². The second kappa shape index (κ2) is 4.11. The van der Waals surface area contributed by atoms with Crippen LogP contribution in [-0.2, 0) is 9.84 Å². The molecule has 2 rings (SSSR count). The Labute approximate surface area is 110 Å². The molecule has 0 amide bonds. The molecule has 1 aliphatic carbocycles. The highest BCUT2D eigenvalue weighted by atomic mass is 79.9. The zero-order valence-electron chi connectivity index (χ0n) is 9.35. The number of benzene rings is 1. The van der Waals surface area contributed by atoms with Crippen molar-refractivity contribution in [1.82, 2.24) is 0 Å². The van der Waals surface area contributed by atoms with E-state index in [1.807, 2.05) is 13.0 Å². The zero-order valence-corrected chi connectivity index (χ0v) is 11.8. The van der Waals surface area contributed by atoms with Crippen molar-refractivity contribution in [3.8, 4) is 6.07 Å². The van der Waals surface area contributed by atoms with Crippen molar-refractivity contribution in [1.29, 1.82) is 5.26 Å². The summed E-state index contributed by atoms with van der Waals surface area (Å²) in [6, 6.07) is 8.47. The summed E-state index contributed by atoms with van der Waals surface area (Å²) in [6.07, 6.45) is 1.23. The predicted molar refractivity (Wildman–Crippen MR) is 68.1 cm³/mol. The molecule has 0 aliphatic heterocycles. The molecule has 0 N–H and O–H groups in total. The summed E-state index contributed by atoms with van der Waals surface area (Å²) in [5.74, 6) is -0.0962. The monoisotopic (exact) mass is 313 g/mol. The summed E-state index contributed by atoms with van der Waals surface area (Å²) in [5, 5.41) is 9.22. The summed E-state index contributed by atoms with van der Waals surface area (Å²) < 4.78 is 24.5. The summed E-state index contributed by atoms with van der Waals surface area (Å²) in [5.41, 5.74) is 0. The number of sulfone groups is 1. The molecule has 1 saturated carbocycles. The quantitative estimate of drug-likeness (QED) is 0.843. The molecule has 17 heavy (non-hydrogen) atoms. The van der Waals surface area contributed by atoms with E-state index in [4.69, 9.17) is 0 Å². The number of halogens is 1. The molecule has 1 aromatic carbocycles. The van der Waals surface area contributed by atoms with E-state index in [9.17, 15) is 13.7 Å². The van der Waals surface area contributed by atoms with E-state index in [1.54, 1.807) is 24.3 Å². The molecule has 1 aliphatic rings. The minimum absolute atomic E-state index is 0.0962. The van der Waals surface area contributed by atoms with Gasteiger partial charge in [0.05, 0.1) is 11.0 Å². The summed E-state index contributed by atoms with van der Waals surface area (Å²) in [4.78, 5) is 0.230. The minimum Gasteiger partial charge on any atom is -0.222 e. The van der Waals surface area contributed by atoms with Crippen LogP contribution in [0.15, 0.2) is 33.6 Å². The van der Waals surface area contributed by atoms with Crippen LogP contribution in [0, 0.1) is 17.2 Å². The number of hydrogen-bond acceptors (Lipinski definition) is 3. The summed E-state index contributed by atoms with van der Waals surface area (Å²) in [6.45, 7) is 1.82. The minimum atomic E-state index is -3.56. The van der Waals surface area contributed by atoms with Gasteiger partial charge in [-0.05, 0) is 43.0 Å². The Bertz CT molecular complexity index is 574. The van der Waals surface area contributed by atoms with Crippen LogP contribution in [-0.4, -0.2) is 13.2 Å². The lowest BCUT2D eigenvalue weighted by molar-refractivity contribution is 0.279. The maximum Gasteiger partial charge on any atom is 0.197 e. The molecule has 0 aromatic heterocycles. The Hall–Kier alpha value is -0.860. The standard InChI is InChI=1S/C12H12BrNO2S/c1-9-6-7-12(9,8-14)17(15,16)11-4-2-10(13)3-5-11/h2-5,9H,6-7H2,1H3. The first-order valence-electron chi connectivity index (χ1n) is 5.35. The van der Waals surface area contributed by atoms with Gasteiger partial charge < -0.3 is 0 Å². The Balaban J connectivity index is 2.51. The number of hydrogen-bond donors (Lipinski definition) is 0. The van der Waals surface area contributed by atoms with E-state index < -0.39 is 14.6 Å². The smallest absolute Gasteiger partial charge is 0.197 e. The third-order valence-corrected chi connectivity index (χ3v) is 6.62. The lowest BCUT2D eigenvalue weighted by atomic mass is 9.75. The topological polar surface area (TPSA) is 57.9 Å². The number of rotatable bonds is 2. The second-order valence-corrected chi connectivity index (χ2v) is 7.52. The van der Waals surface area contributed by atoms with Gasteiger partial charge in [-0.15, -0.1) is 0 Å². The molecular formula is C12H12BrNO2S. The van der Waals surface area contributed by atoms with Gasteiger partial charge in [0, 0.05) is 4.47 Å². The van der Waals surface area contributed by atoms with Gasteiger partial charge in [0.1, 0.15) is 0 Å². The maximum atomic E-state index is 12.5. The molecule has 0 heterocycles. The van der Waals surface area contributed by atoms with Crippen LogP contribution in [0.2, 0.25) is 0 Å². The first-order valence-corrected chi connectivity index (χ1v) is 7.63. The van der Waals surface area contributed by atoms with Gasteiger partial charge in [-0.2, -0.15) is 5.26 Å². The Morgan fingerprint density at radius 2 is 2.00 bits per heavy atom. The van der Waals surface area contributed by atoms with Gasteiger partial charge in [-0.1, -0.05) is 22.9 Å². The molecule has 5 heteroatoms. The van der Waals surface area contributed by atoms with E-state index >= 15 is 0 Å². The first-order chi connectivity index (χ1) is 7.94. The molecule has 0 spiro atoms. The molecule has 3 nitrogen and oxygen atoms in total. The Morgan fingerprint density at radius 1 is 1.41 bits per heavy atom.